The van der Waals surface area contributed by atoms with Crippen molar-refractivity contribution in [3.05, 3.63) is 125 Å². The largest absolute Gasteiger partial charge is 0.445 e. The van der Waals surface area contributed by atoms with Crippen molar-refractivity contribution in [2.24, 2.45) is 46.3 Å². The maximum Gasteiger partial charge on any atom is 0.410 e. The van der Waals surface area contributed by atoms with Crippen LogP contribution in [0.1, 0.15) is 166 Å². The molecule has 4 aromatic rings. The molecule has 0 radical (unpaired) electrons. The fourth-order valence-corrected chi connectivity index (χ4v) is 18.2. The van der Waals surface area contributed by atoms with Crippen molar-refractivity contribution < 1.29 is 61.5 Å². The van der Waals surface area contributed by atoms with E-state index in [-0.39, 0.29) is 112 Å². The first-order chi connectivity index (χ1) is 42.1. The molecule has 4 aliphatic carbocycles. The van der Waals surface area contributed by atoms with E-state index in [1.807, 2.05) is 56.0 Å². The van der Waals surface area contributed by atoms with Gasteiger partial charge in [0, 0.05) is 38.3 Å². The molecule has 0 aromatic heterocycles. The van der Waals surface area contributed by atoms with Gasteiger partial charge in [0.25, 0.3) is 30.4 Å². The van der Waals surface area contributed by atoms with Gasteiger partial charge in [-0.25, -0.2) is 4.79 Å². The van der Waals surface area contributed by atoms with E-state index in [0.717, 1.165) is 99.3 Å². The van der Waals surface area contributed by atoms with E-state index in [0.29, 0.717) is 52.2 Å². The number of nitrogens with zero attached hydrogens (tertiary/aromatic N) is 1. The summed E-state index contributed by atoms with van der Waals surface area (Å²) in [5.41, 5.74) is 3.46. The van der Waals surface area contributed by atoms with Gasteiger partial charge < -0.3 is 23.8 Å². The predicted octanol–water partition coefficient (Wildman–Crippen LogP) is 14.7. The van der Waals surface area contributed by atoms with Crippen LogP contribution in [0.15, 0.2) is 118 Å². The minimum absolute atomic E-state index is 0.0111. The van der Waals surface area contributed by atoms with Crippen LogP contribution in [0, 0.1) is 67.1 Å². The summed E-state index contributed by atoms with van der Waals surface area (Å²) in [4.78, 5) is 16.1. The fraction of sp³-hybridized carbons (Fsp3) is 0.643. The number of benzene rings is 4. The maximum atomic E-state index is 13.8. The lowest BCUT2D eigenvalue weighted by Gasteiger charge is -2.65. The molecule has 0 saturated heterocycles. The van der Waals surface area contributed by atoms with Crippen LogP contribution in [0.3, 0.4) is 0 Å². The van der Waals surface area contributed by atoms with Gasteiger partial charge in [0.05, 0.1) is 52.8 Å². The van der Waals surface area contributed by atoms with Gasteiger partial charge in [0.2, 0.25) is 0 Å². The highest BCUT2D eigenvalue weighted by Gasteiger charge is 2.66. The molecule has 4 fully saturated rings. The Balaban J connectivity index is 0.997. The first kappa shape index (κ1) is 69.6. The molecular formula is C70H101NO14S3. The van der Waals surface area contributed by atoms with E-state index < -0.39 is 30.4 Å². The Hall–Kier alpha value is -4.24. The summed E-state index contributed by atoms with van der Waals surface area (Å²) >= 11 is 0. The van der Waals surface area contributed by atoms with Gasteiger partial charge in [-0.05, 0) is 187 Å². The lowest BCUT2D eigenvalue weighted by molar-refractivity contribution is -0.228. The van der Waals surface area contributed by atoms with Crippen LogP contribution in [0.4, 0.5) is 4.79 Å². The van der Waals surface area contributed by atoms with Crippen molar-refractivity contribution in [1.29, 1.82) is 0 Å². The number of hydrogen-bond donors (Lipinski definition) is 0. The van der Waals surface area contributed by atoms with Gasteiger partial charge in [-0.2, -0.15) is 25.3 Å². The molecule has 0 spiro atoms. The minimum Gasteiger partial charge on any atom is -0.445 e. The lowest BCUT2D eigenvalue weighted by atomic mass is 9.43. The molecule has 0 N–H and O–H groups in total. The van der Waals surface area contributed by atoms with Gasteiger partial charge in [-0.1, -0.05) is 143 Å². The van der Waals surface area contributed by atoms with Gasteiger partial charge >= 0.3 is 6.09 Å². The van der Waals surface area contributed by atoms with E-state index in [1.165, 1.54) is 19.3 Å². The maximum absolute atomic E-state index is 13.8. The summed E-state index contributed by atoms with van der Waals surface area (Å²) < 4.78 is 123. The number of fused-ring (bicyclic) bond motifs is 5. The Morgan fingerprint density at radius 1 is 0.557 bits per heavy atom. The highest BCUT2D eigenvalue weighted by atomic mass is 32.2. The molecule has 18 heteroatoms. The van der Waals surface area contributed by atoms with Crippen molar-refractivity contribution in [2.45, 2.75) is 204 Å². The molecule has 4 unspecified atom stereocenters. The van der Waals surface area contributed by atoms with Crippen LogP contribution in [0.25, 0.3) is 0 Å². The second-order valence-corrected chi connectivity index (χ2v) is 31.1. The van der Waals surface area contributed by atoms with Crippen molar-refractivity contribution in [3.8, 4) is 0 Å². The third-order valence-corrected chi connectivity index (χ3v) is 24.3. The van der Waals surface area contributed by atoms with Crippen molar-refractivity contribution in [3.63, 3.8) is 0 Å². The highest BCUT2D eigenvalue weighted by Crippen LogP contribution is 2.69. The topological polar surface area (TPSA) is 187 Å². The number of carbonyl (C=O) groups excluding carboxylic acids is 1. The van der Waals surface area contributed by atoms with Gasteiger partial charge in [-0.3, -0.25) is 12.5 Å². The molecule has 8 rings (SSSR count). The molecule has 4 saturated carbocycles. The zero-order chi connectivity index (χ0) is 63.0. The van der Waals surface area contributed by atoms with Crippen LogP contribution >= 0.6 is 0 Å². The Labute approximate surface area is 528 Å². The van der Waals surface area contributed by atoms with E-state index in [9.17, 15) is 30.0 Å². The third kappa shape index (κ3) is 18.3. The highest BCUT2D eigenvalue weighted by molar-refractivity contribution is 7.87. The minimum atomic E-state index is -3.96. The molecule has 1 amide bonds. The monoisotopic (exact) mass is 1280 g/mol. The summed E-state index contributed by atoms with van der Waals surface area (Å²) in [5.74, 6) is 1.42. The summed E-state index contributed by atoms with van der Waals surface area (Å²) in [6, 6.07) is 29.8. The number of rotatable bonds is 35. The van der Waals surface area contributed by atoms with Crippen molar-refractivity contribution in [1.82, 2.24) is 4.90 Å². The number of unbranched alkanes of at least 4 members (excludes halogenated alkanes) is 5. The van der Waals surface area contributed by atoms with Crippen LogP contribution in [0.2, 0.25) is 0 Å². The molecule has 0 aliphatic heterocycles. The molecule has 0 heterocycles. The standard InChI is InChI=1S/C70H101NO14S3/c1-8-9-10-11-12-16-40-71(68(72)82-51-56-22-14-13-15-23-56)41-17-21-55(5)62-36-37-63-67-64(50-66(70(62,63)7)81-44-20-47-85-88(77,78)61-34-28-54(4)29-35-61)69(6)39-38-58(79-42-18-45-83-86(73,74)59-30-24-52(2)25-31-59)48-57(69)49-65(67)80-43-19-46-84-87(75,76)60-32-26-53(3)27-33-60/h13-15,22-35,55,57-58,62-67H,8-12,16-21,36-51H2,1-7H3/t55?,57-,58+,62+,63-,64-,65+,66-,67?,69?,70?/m0/s1. The molecular weight excluding hydrogens is 1170 g/mol. The second kappa shape index (κ2) is 32.4. The number of aryl methyl sites for hydroxylation is 3. The molecule has 4 aromatic carbocycles. The van der Waals surface area contributed by atoms with Crippen LogP contribution < -0.4 is 0 Å². The molecule has 88 heavy (non-hydrogen) atoms. The number of amides is 1. The summed E-state index contributed by atoms with van der Waals surface area (Å²) in [6.07, 6.45) is 15.3. The van der Waals surface area contributed by atoms with E-state index in [1.54, 1.807) is 72.8 Å². The summed E-state index contributed by atoms with van der Waals surface area (Å²) in [7, 11) is -11.8. The molecule has 11 atom stereocenters. The molecule has 488 valence electrons. The van der Waals surface area contributed by atoms with Gasteiger partial charge in [0.15, 0.2) is 0 Å². The average molecular weight is 1280 g/mol. The smallest absolute Gasteiger partial charge is 0.410 e. The molecule has 4 aliphatic rings. The Morgan fingerprint density at radius 2 is 1.07 bits per heavy atom. The third-order valence-electron chi connectivity index (χ3n) is 20.3. The Kier molecular flexibility index (Phi) is 25.6. The van der Waals surface area contributed by atoms with E-state index in [4.69, 9.17) is 31.5 Å². The predicted molar refractivity (Wildman–Crippen MR) is 342 cm³/mol. The van der Waals surface area contributed by atoms with Crippen LogP contribution in [-0.2, 0) is 68.5 Å². The quantitative estimate of drug-likeness (QED) is 0.0313. The number of hydrogen-bond acceptors (Lipinski definition) is 14. The Morgan fingerprint density at radius 3 is 1.62 bits per heavy atom. The van der Waals surface area contributed by atoms with Gasteiger partial charge in [0.1, 0.15) is 6.61 Å². The van der Waals surface area contributed by atoms with E-state index >= 15 is 0 Å². The van der Waals surface area contributed by atoms with Crippen LogP contribution in [-0.4, -0.2) is 107 Å². The number of ether oxygens (including phenoxy) is 4. The average Bonchev–Trinajstić information content (AvgIpc) is 1.31. The molecule has 0 bridgehead atoms. The second-order valence-electron chi connectivity index (χ2n) is 26.3. The zero-order valence-electron chi connectivity index (χ0n) is 53.5. The Bertz CT molecular complexity index is 3130. The van der Waals surface area contributed by atoms with E-state index in [2.05, 4.69) is 27.7 Å². The fourth-order valence-electron chi connectivity index (χ4n) is 15.3. The molecule has 15 nitrogen and oxygen atoms in total. The SMILES string of the molecule is CCCCCCCCN(CCCC(C)[C@H]1CC[C@H]2C3[C@H](OCCCOS(=O)(=O)c4ccc(C)cc4)C[C@@H]4C[C@H](OCCCOS(=O)(=O)c5ccc(C)cc5)CCC4(C)[C@H]3C[C@H](OCCCOS(=O)(=O)c3ccc(C)cc3)C12C)C(=O)OCc1ccccc1. The van der Waals surface area contributed by atoms with Crippen molar-refractivity contribution in [2.75, 3.05) is 52.7 Å². The zero-order valence-corrected chi connectivity index (χ0v) is 55.9. The first-order valence-electron chi connectivity index (χ1n) is 32.8. The number of carbonyl (C=O) groups is 1. The lowest BCUT2D eigenvalue weighted by Crippen LogP contribution is -2.63. The first-order valence-corrected chi connectivity index (χ1v) is 37.1. The van der Waals surface area contributed by atoms with Gasteiger partial charge in [-0.15, -0.1) is 0 Å². The summed E-state index contributed by atoms with van der Waals surface area (Å²) in [5, 5.41) is 0. The van der Waals surface area contributed by atoms with Crippen molar-refractivity contribution >= 4 is 36.4 Å². The van der Waals surface area contributed by atoms with Crippen LogP contribution in [0.5, 0.6) is 0 Å². The summed E-state index contributed by atoms with van der Waals surface area (Å²) in [6.45, 7) is 17.7. The normalized spacial score (nSPS) is 25.8.